The highest BCUT2D eigenvalue weighted by Crippen LogP contribution is 2.67. The fourth-order valence-corrected chi connectivity index (χ4v) is 6.61. The molecular formula is C24H33BrF2N2O5SSi. The average Bonchev–Trinajstić information content (AvgIpc) is 3.49. The molecule has 1 aliphatic carbocycles. The standard InChI is InChI=1S/C24H33BrF2N2O5SSi/c1-22(2,3)34-21(32)29(14-33-9-10-36(4,5)6)20-28-23(13-26,16-11-15(25)7-8-17(16)27)18-12-24(18,35-20)19(30)31/h7-8,11,18H,9-10,12-14H2,1-6H3,(H,30,31)/t18?,23-,24?/m1/s1. The van der Waals surface area contributed by atoms with Crippen molar-refractivity contribution >= 4 is 53.0 Å². The molecule has 2 aliphatic rings. The third-order valence-electron chi connectivity index (χ3n) is 6.08. The number of carbonyl (C=O) groups excluding carboxylic acids is 1. The summed E-state index contributed by atoms with van der Waals surface area (Å²) in [5.41, 5.74) is -2.73. The first kappa shape index (κ1) is 29.1. The number of hydrogen-bond donors (Lipinski definition) is 1. The normalized spacial score (nSPS) is 25.6. The zero-order chi connectivity index (χ0) is 27.1. The van der Waals surface area contributed by atoms with Gasteiger partial charge in [-0.05, 0) is 51.4 Å². The molecule has 1 aliphatic heterocycles. The highest BCUT2D eigenvalue weighted by molar-refractivity contribution is 9.10. The van der Waals surface area contributed by atoms with Crippen LogP contribution in [0.5, 0.6) is 0 Å². The van der Waals surface area contributed by atoms with Crippen molar-refractivity contribution in [3.63, 3.8) is 0 Å². The van der Waals surface area contributed by atoms with Gasteiger partial charge in [0.05, 0.1) is 0 Å². The Hall–Kier alpha value is -1.50. The monoisotopic (exact) mass is 606 g/mol. The molecule has 1 saturated carbocycles. The van der Waals surface area contributed by atoms with Crippen molar-refractivity contribution in [2.24, 2.45) is 10.9 Å². The summed E-state index contributed by atoms with van der Waals surface area (Å²) < 4.78 is 40.4. The SMILES string of the molecule is CC(C)(C)OC(=O)N(COCC[Si](C)(C)C)C1=N[C@](CF)(c2cc(Br)ccc2F)C2CC2(C(=O)O)S1. The Bertz CT molecular complexity index is 1060. The summed E-state index contributed by atoms with van der Waals surface area (Å²) in [5, 5.41) is 10.0. The van der Waals surface area contributed by atoms with Crippen molar-refractivity contribution in [3.8, 4) is 0 Å². The maximum atomic E-state index is 15.0. The Morgan fingerprint density at radius 3 is 2.56 bits per heavy atom. The minimum atomic E-state index is -1.81. The Balaban J connectivity index is 2.08. The molecule has 0 bridgehead atoms. The van der Waals surface area contributed by atoms with Crippen LogP contribution in [-0.2, 0) is 19.8 Å². The van der Waals surface area contributed by atoms with Crippen LogP contribution in [0.1, 0.15) is 32.8 Å². The van der Waals surface area contributed by atoms with Crippen LogP contribution in [0.3, 0.4) is 0 Å². The van der Waals surface area contributed by atoms with E-state index in [1.54, 1.807) is 20.8 Å². The molecule has 1 amide bonds. The number of aliphatic imine (C=N–C) groups is 1. The zero-order valence-corrected chi connectivity index (χ0v) is 24.8. The smallest absolute Gasteiger partial charge is 0.418 e. The van der Waals surface area contributed by atoms with Gasteiger partial charge >= 0.3 is 12.1 Å². The van der Waals surface area contributed by atoms with E-state index in [0.717, 1.165) is 22.7 Å². The molecule has 1 aromatic carbocycles. The predicted molar refractivity (Wildman–Crippen MR) is 142 cm³/mol. The number of hydrogen-bond acceptors (Lipinski definition) is 6. The highest BCUT2D eigenvalue weighted by Gasteiger charge is 2.73. The first-order valence-electron chi connectivity index (χ1n) is 11.7. The Labute approximate surface area is 224 Å². The van der Waals surface area contributed by atoms with E-state index in [1.165, 1.54) is 18.2 Å². The number of halogens is 3. The molecule has 0 saturated heterocycles. The minimum Gasteiger partial charge on any atom is -0.480 e. The minimum absolute atomic E-state index is 0.0610. The van der Waals surface area contributed by atoms with Crippen molar-refractivity contribution in [2.45, 2.75) is 68.8 Å². The number of nitrogens with zero attached hydrogens (tertiary/aromatic N) is 2. The molecule has 1 heterocycles. The quantitative estimate of drug-likeness (QED) is 0.214. The number of fused-ring (bicyclic) bond motifs is 1. The Kier molecular flexibility index (Phi) is 8.34. The molecule has 0 aromatic heterocycles. The summed E-state index contributed by atoms with van der Waals surface area (Å²) in [6.07, 6.45) is -0.724. The second-order valence-corrected chi connectivity index (χ2v) is 19.2. The van der Waals surface area contributed by atoms with E-state index in [9.17, 15) is 19.1 Å². The van der Waals surface area contributed by atoms with Crippen LogP contribution in [0.15, 0.2) is 27.7 Å². The highest BCUT2D eigenvalue weighted by atomic mass is 79.9. The molecule has 2 unspecified atom stereocenters. The number of aliphatic carboxylic acids is 1. The number of carboxylic acid groups (broad SMARTS) is 1. The number of amides is 1. The summed E-state index contributed by atoms with van der Waals surface area (Å²) >= 11 is 4.16. The first-order chi connectivity index (χ1) is 16.5. The third-order valence-corrected chi connectivity index (χ3v) is 9.76. The second-order valence-electron chi connectivity index (χ2n) is 11.4. The lowest BCUT2D eigenvalue weighted by Gasteiger charge is -2.37. The van der Waals surface area contributed by atoms with Gasteiger partial charge in [-0.2, -0.15) is 0 Å². The fourth-order valence-electron chi connectivity index (χ4n) is 4.05. The van der Waals surface area contributed by atoms with Crippen LogP contribution in [0.25, 0.3) is 0 Å². The van der Waals surface area contributed by atoms with Crippen LogP contribution in [0.2, 0.25) is 25.7 Å². The average molecular weight is 608 g/mol. The van der Waals surface area contributed by atoms with Gasteiger partial charge < -0.3 is 14.6 Å². The molecule has 1 N–H and O–H groups in total. The van der Waals surface area contributed by atoms with Crippen LogP contribution in [-0.4, -0.2) is 65.7 Å². The van der Waals surface area contributed by atoms with Crippen LogP contribution in [0, 0.1) is 11.7 Å². The van der Waals surface area contributed by atoms with Gasteiger partial charge in [-0.15, -0.1) is 0 Å². The van der Waals surface area contributed by atoms with Gasteiger partial charge in [0.15, 0.2) is 5.17 Å². The van der Waals surface area contributed by atoms with Crippen LogP contribution >= 0.6 is 27.7 Å². The van der Waals surface area contributed by atoms with E-state index in [2.05, 4.69) is 40.6 Å². The van der Waals surface area contributed by atoms with Gasteiger partial charge in [-0.3, -0.25) is 4.79 Å². The maximum absolute atomic E-state index is 15.0. The molecule has 7 nitrogen and oxygen atoms in total. The summed E-state index contributed by atoms with van der Waals surface area (Å²) in [5.74, 6) is -2.66. The van der Waals surface area contributed by atoms with E-state index in [4.69, 9.17) is 9.47 Å². The van der Waals surface area contributed by atoms with Gasteiger partial charge in [0.2, 0.25) is 0 Å². The van der Waals surface area contributed by atoms with Gasteiger partial charge in [0.25, 0.3) is 0 Å². The number of carbonyl (C=O) groups is 2. The number of amidine groups is 1. The lowest BCUT2D eigenvalue weighted by Crippen LogP contribution is -2.48. The molecule has 12 heteroatoms. The van der Waals surface area contributed by atoms with Crippen LogP contribution in [0.4, 0.5) is 13.6 Å². The van der Waals surface area contributed by atoms with Crippen molar-refractivity contribution in [1.82, 2.24) is 4.90 Å². The number of benzene rings is 1. The number of rotatable bonds is 8. The number of carboxylic acids is 1. The van der Waals surface area contributed by atoms with Gasteiger partial charge in [-0.1, -0.05) is 47.3 Å². The molecule has 1 aromatic rings. The maximum Gasteiger partial charge on any atom is 0.418 e. The van der Waals surface area contributed by atoms with Crippen molar-refractivity contribution in [2.75, 3.05) is 20.0 Å². The van der Waals surface area contributed by atoms with Crippen molar-refractivity contribution < 1.29 is 33.0 Å². The summed E-state index contributed by atoms with van der Waals surface area (Å²) in [6.45, 7) is 10.7. The van der Waals surface area contributed by atoms with Gasteiger partial charge in [0, 0.05) is 30.6 Å². The molecule has 3 atom stereocenters. The summed E-state index contributed by atoms with van der Waals surface area (Å²) in [7, 11) is -1.42. The van der Waals surface area contributed by atoms with E-state index >= 15 is 4.39 Å². The molecule has 0 spiro atoms. The lowest BCUT2D eigenvalue weighted by molar-refractivity contribution is -0.137. The Morgan fingerprint density at radius 2 is 2.00 bits per heavy atom. The molecule has 1 fully saturated rings. The largest absolute Gasteiger partial charge is 0.480 e. The Morgan fingerprint density at radius 1 is 1.33 bits per heavy atom. The molecule has 200 valence electrons. The summed E-state index contributed by atoms with van der Waals surface area (Å²) in [4.78, 5) is 31.3. The number of thioether (sulfide) groups is 1. The molecule has 3 rings (SSSR count). The molecule has 0 radical (unpaired) electrons. The molecule has 36 heavy (non-hydrogen) atoms. The third kappa shape index (κ3) is 6.13. The van der Waals surface area contributed by atoms with E-state index < -0.39 is 54.4 Å². The van der Waals surface area contributed by atoms with Crippen LogP contribution < -0.4 is 0 Å². The van der Waals surface area contributed by atoms with Gasteiger partial charge in [0.1, 0.15) is 35.1 Å². The summed E-state index contributed by atoms with van der Waals surface area (Å²) in [6, 6.07) is 4.92. The van der Waals surface area contributed by atoms with E-state index in [1.807, 2.05) is 0 Å². The lowest BCUT2D eigenvalue weighted by atomic mass is 9.85. The van der Waals surface area contributed by atoms with Crippen molar-refractivity contribution in [1.29, 1.82) is 0 Å². The first-order valence-corrected chi connectivity index (χ1v) is 17.0. The second kappa shape index (κ2) is 10.3. The fraction of sp³-hybridized carbons (Fsp3) is 0.625. The van der Waals surface area contributed by atoms with Gasteiger partial charge in [-0.25, -0.2) is 23.5 Å². The number of alkyl halides is 1. The zero-order valence-electron chi connectivity index (χ0n) is 21.4. The van der Waals surface area contributed by atoms with E-state index in [-0.39, 0.29) is 23.9 Å². The molecular weight excluding hydrogens is 574 g/mol. The predicted octanol–water partition coefficient (Wildman–Crippen LogP) is 6.25. The van der Waals surface area contributed by atoms with E-state index in [0.29, 0.717) is 11.1 Å². The topological polar surface area (TPSA) is 88.4 Å². The number of ether oxygens (including phenoxy) is 2. The van der Waals surface area contributed by atoms with Crippen molar-refractivity contribution in [3.05, 3.63) is 34.1 Å².